The Labute approximate surface area is 352 Å². The molecule has 3 nitrogen and oxygen atoms in total. The number of hydrogen-bond donors (Lipinski definition) is 0. The largest absolute Gasteiger partial charge is 0.456 e. The first-order chi connectivity index (χ1) is 30.2. The summed E-state index contributed by atoms with van der Waals surface area (Å²) in [7, 11) is 0. The molecule has 0 amide bonds. The Morgan fingerprint density at radius 2 is 1.16 bits per heavy atom. The van der Waals surface area contributed by atoms with Crippen LogP contribution in [0.25, 0.3) is 99.2 Å². The second-order valence-electron chi connectivity index (χ2n) is 16.5. The van der Waals surface area contributed by atoms with E-state index in [9.17, 15) is 0 Å². The molecular weight excluding hydrogens is 741 g/mol. The average molecular weight is 779 g/mol. The zero-order valence-corrected chi connectivity index (χ0v) is 33.3. The van der Waals surface area contributed by atoms with Gasteiger partial charge in [-0.3, -0.25) is 0 Å². The molecule has 1 atom stereocenters. The third-order valence-electron chi connectivity index (χ3n) is 13.2. The van der Waals surface area contributed by atoms with Gasteiger partial charge in [-0.15, -0.1) is 0 Å². The number of furan rings is 1. The fraction of sp³-hybridized carbons (Fsp3) is 0.0345. The van der Waals surface area contributed by atoms with Crippen LogP contribution in [0.3, 0.4) is 0 Å². The molecule has 0 fully saturated rings. The van der Waals surface area contributed by atoms with Gasteiger partial charge in [0, 0.05) is 43.9 Å². The predicted octanol–water partition coefficient (Wildman–Crippen LogP) is 15.3. The second-order valence-corrected chi connectivity index (χ2v) is 16.5. The van der Waals surface area contributed by atoms with E-state index in [0.29, 0.717) is 0 Å². The highest BCUT2D eigenvalue weighted by Crippen LogP contribution is 2.51. The van der Waals surface area contributed by atoms with Gasteiger partial charge in [0.25, 0.3) is 0 Å². The van der Waals surface area contributed by atoms with Gasteiger partial charge in [-0.25, -0.2) is 0 Å². The maximum atomic E-state index is 6.18. The minimum atomic E-state index is 0.151. The fourth-order valence-corrected chi connectivity index (χ4v) is 10.6. The number of hydrogen-bond acceptors (Lipinski definition) is 1. The summed E-state index contributed by atoms with van der Waals surface area (Å²) in [4.78, 5) is 0. The minimum Gasteiger partial charge on any atom is -0.456 e. The van der Waals surface area contributed by atoms with E-state index in [1.807, 2.05) is 12.1 Å². The molecule has 3 heteroatoms. The lowest BCUT2D eigenvalue weighted by molar-refractivity contribution is 0.669. The van der Waals surface area contributed by atoms with Gasteiger partial charge in [-0.05, 0) is 106 Å². The molecule has 0 spiro atoms. The molecule has 0 bridgehead atoms. The van der Waals surface area contributed by atoms with E-state index in [4.69, 9.17) is 11.0 Å². The van der Waals surface area contributed by atoms with Crippen molar-refractivity contribution >= 4 is 76.9 Å². The molecule has 0 aliphatic heterocycles. The minimum absolute atomic E-state index is 0.151. The summed E-state index contributed by atoms with van der Waals surface area (Å²) in [5, 5.41) is 7.29. The van der Waals surface area contributed by atoms with Crippen molar-refractivity contribution in [3.05, 3.63) is 229 Å². The van der Waals surface area contributed by atoms with Crippen molar-refractivity contribution in [1.29, 1.82) is 0 Å². The van der Waals surface area contributed by atoms with Crippen LogP contribution >= 0.6 is 0 Å². The molecule has 13 rings (SSSR count). The van der Waals surface area contributed by atoms with Crippen LogP contribution in [0.5, 0.6) is 0 Å². The number of benzene rings is 8. The fourth-order valence-electron chi connectivity index (χ4n) is 10.6. The van der Waals surface area contributed by atoms with E-state index >= 15 is 0 Å². The van der Waals surface area contributed by atoms with Crippen LogP contribution in [0.15, 0.2) is 217 Å². The lowest BCUT2D eigenvalue weighted by Crippen LogP contribution is -2.05. The number of nitrogens with zero attached hydrogens (tertiary/aromatic N) is 2. The molecule has 1 unspecified atom stereocenters. The van der Waals surface area contributed by atoms with E-state index in [1.165, 1.54) is 82.6 Å². The molecule has 8 aromatic carbocycles. The highest BCUT2D eigenvalue weighted by atomic mass is 16.3. The van der Waals surface area contributed by atoms with Crippen molar-refractivity contribution in [2.75, 3.05) is 0 Å². The van der Waals surface area contributed by atoms with Crippen LogP contribution in [0.1, 0.15) is 22.6 Å². The van der Waals surface area contributed by atoms with Gasteiger partial charge >= 0.3 is 0 Å². The molecule has 3 heterocycles. The zero-order chi connectivity index (χ0) is 40.2. The normalized spacial score (nSPS) is 15.0. The van der Waals surface area contributed by atoms with Crippen molar-refractivity contribution in [2.24, 2.45) is 0 Å². The summed E-state index contributed by atoms with van der Waals surface area (Å²) >= 11 is 0. The first kappa shape index (κ1) is 34.0. The molecule has 0 saturated heterocycles. The Bertz CT molecular complexity index is 3710. The summed E-state index contributed by atoms with van der Waals surface area (Å²) in [6.45, 7) is 4.76. The van der Waals surface area contributed by atoms with Crippen molar-refractivity contribution in [2.45, 2.75) is 12.3 Å². The van der Waals surface area contributed by atoms with Gasteiger partial charge in [0.05, 0.1) is 27.8 Å². The Hall–Kier alpha value is -7.88. The van der Waals surface area contributed by atoms with Crippen LogP contribution < -0.4 is 0 Å². The lowest BCUT2D eigenvalue weighted by atomic mass is 9.88. The summed E-state index contributed by atoms with van der Waals surface area (Å²) in [6, 6.07) is 64.0. The van der Waals surface area contributed by atoms with Crippen molar-refractivity contribution in [3.63, 3.8) is 0 Å². The zero-order valence-electron chi connectivity index (χ0n) is 33.3. The highest BCUT2D eigenvalue weighted by Gasteiger charge is 2.33. The number of fused-ring (bicyclic) bond motifs is 13. The SMILES string of the molecule is C=C1C=C(n2c3ccccc3c3ccc4c(c32)C(Cc2cccc(-c3ccc5oc6ccccc6c5c3)c2)c2ccccc2-4)C=CC=C1n1c2ccccc2c2ccccc21. The van der Waals surface area contributed by atoms with E-state index in [1.54, 1.807) is 0 Å². The lowest BCUT2D eigenvalue weighted by Gasteiger charge is -2.19. The van der Waals surface area contributed by atoms with Crippen molar-refractivity contribution in [1.82, 2.24) is 9.13 Å². The monoisotopic (exact) mass is 778 g/mol. The second kappa shape index (κ2) is 13.1. The van der Waals surface area contributed by atoms with Crippen LogP contribution in [-0.2, 0) is 6.42 Å². The third kappa shape index (κ3) is 5.04. The molecule has 0 N–H and O–H groups in total. The van der Waals surface area contributed by atoms with E-state index in [2.05, 4.69) is 197 Å². The average Bonchev–Trinajstić information content (AvgIpc) is 4.01. The van der Waals surface area contributed by atoms with Gasteiger partial charge in [0.15, 0.2) is 0 Å². The van der Waals surface area contributed by atoms with Gasteiger partial charge in [0.2, 0.25) is 0 Å². The number of para-hydroxylation sites is 4. The molecular formula is C58H38N2O. The van der Waals surface area contributed by atoms with Gasteiger partial charge in [-0.2, -0.15) is 0 Å². The summed E-state index contributed by atoms with van der Waals surface area (Å²) < 4.78 is 11.1. The van der Waals surface area contributed by atoms with Gasteiger partial charge in [-0.1, -0.05) is 152 Å². The van der Waals surface area contributed by atoms with Crippen LogP contribution in [-0.4, -0.2) is 9.13 Å². The van der Waals surface area contributed by atoms with E-state index in [0.717, 1.165) is 45.3 Å². The van der Waals surface area contributed by atoms with Gasteiger partial charge < -0.3 is 13.6 Å². The van der Waals surface area contributed by atoms with Crippen molar-refractivity contribution < 1.29 is 4.42 Å². The van der Waals surface area contributed by atoms with Crippen LogP contribution in [0, 0.1) is 0 Å². The number of allylic oxidation sites excluding steroid dienone is 7. The van der Waals surface area contributed by atoms with Crippen LogP contribution in [0.2, 0.25) is 0 Å². The number of aromatic nitrogens is 2. The quantitative estimate of drug-likeness (QED) is 0.171. The first-order valence-corrected chi connectivity index (χ1v) is 21.1. The standard InChI is InChI=1S/C58H38N2O/c1-36-32-40(16-13-26-51(36)60-53-24-9-4-19-43(53)44-20-5-10-25-54(44)60)59-52-23-8-6-21-45(52)48-30-29-47-41-17-2-3-18-42(41)50(57(47)58(48)59)34-37-14-12-15-38(33-37)39-28-31-56-49(35-39)46-22-7-11-27-55(46)61-56/h2-33,35,50H,1,34H2. The first-order valence-electron chi connectivity index (χ1n) is 21.1. The predicted molar refractivity (Wildman–Crippen MR) is 256 cm³/mol. The molecule has 11 aromatic rings. The molecule has 61 heavy (non-hydrogen) atoms. The Kier molecular flexibility index (Phi) is 7.29. The van der Waals surface area contributed by atoms with E-state index < -0.39 is 0 Å². The Morgan fingerprint density at radius 1 is 0.508 bits per heavy atom. The molecule has 2 aliphatic carbocycles. The van der Waals surface area contributed by atoms with E-state index in [-0.39, 0.29) is 5.92 Å². The Balaban J connectivity index is 0.965. The smallest absolute Gasteiger partial charge is 0.135 e. The highest BCUT2D eigenvalue weighted by molar-refractivity contribution is 6.15. The Morgan fingerprint density at radius 3 is 1.97 bits per heavy atom. The third-order valence-corrected chi connectivity index (χ3v) is 13.2. The van der Waals surface area contributed by atoms with Crippen LogP contribution in [0.4, 0.5) is 0 Å². The molecule has 0 saturated carbocycles. The summed E-state index contributed by atoms with van der Waals surface area (Å²) in [6.07, 6.45) is 9.84. The summed E-state index contributed by atoms with van der Waals surface area (Å²) in [5.74, 6) is 0.151. The molecule has 0 radical (unpaired) electrons. The molecule has 3 aromatic heterocycles. The maximum absolute atomic E-state index is 6.18. The van der Waals surface area contributed by atoms with Crippen molar-refractivity contribution in [3.8, 4) is 22.3 Å². The topological polar surface area (TPSA) is 23.0 Å². The molecule has 286 valence electrons. The number of rotatable bonds is 5. The van der Waals surface area contributed by atoms with Gasteiger partial charge in [0.1, 0.15) is 11.2 Å². The summed E-state index contributed by atoms with van der Waals surface area (Å²) in [5.41, 5.74) is 18.9. The maximum Gasteiger partial charge on any atom is 0.135 e. The molecule has 2 aliphatic rings.